The van der Waals surface area contributed by atoms with Gasteiger partial charge in [-0.05, 0) is 38.1 Å². The SMILES string of the molecule is COCCN1CCOc2cc3c(=O)n(-c4cccc(-c5nncn5C(C)C)n4)cnc3cc21. The van der Waals surface area contributed by atoms with E-state index >= 15 is 0 Å². The highest BCUT2D eigenvalue weighted by Gasteiger charge is 2.21. The standard InChI is InChI=1S/C23H25N7O3/c1-15(2)29-14-25-27-22(29)17-5-4-6-21(26-17)30-13-24-18-12-19-20(11-16(18)23(30)31)33-10-8-28(19)7-9-32-3/h4-6,11-15H,7-10H2,1-3H3. The van der Waals surface area contributed by atoms with E-state index in [0.717, 1.165) is 18.8 Å². The zero-order valence-corrected chi connectivity index (χ0v) is 18.8. The van der Waals surface area contributed by atoms with Crippen molar-refractivity contribution in [2.45, 2.75) is 19.9 Å². The molecule has 170 valence electrons. The van der Waals surface area contributed by atoms with Crippen LogP contribution in [0.4, 0.5) is 5.69 Å². The average Bonchev–Trinajstić information content (AvgIpc) is 3.33. The lowest BCUT2D eigenvalue weighted by atomic mass is 10.1. The summed E-state index contributed by atoms with van der Waals surface area (Å²) in [6.45, 7) is 6.76. The molecule has 33 heavy (non-hydrogen) atoms. The summed E-state index contributed by atoms with van der Waals surface area (Å²) < 4.78 is 14.5. The van der Waals surface area contributed by atoms with Gasteiger partial charge in [-0.1, -0.05) is 6.07 Å². The van der Waals surface area contributed by atoms with Crippen LogP contribution >= 0.6 is 0 Å². The van der Waals surface area contributed by atoms with Gasteiger partial charge < -0.3 is 18.9 Å². The zero-order chi connectivity index (χ0) is 22.9. The van der Waals surface area contributed by atoms with Crippen LogP contribution in [0.5, 0.6) is 5.75 Å². The van der Waals surface area contributed by atoms with E-state index in [1.807, 2.05) is 36.6 Å². The maximum Gasteiger partial charge on any atom is 0.267 e. The predicted molar refractivity (Wildman–Crippen MR) is 124 cm³/mol. The smallest absolute Gasteiger partial charge is 0.267 e. The van der Waals surface area contributed by atoms with E-state index in [0.29, 0.717) is 47.2 Å². The monoisotopic (exact) mass is 447 g/mol. The minimum absolute atomic E-state index is 0.181. The molecule has 1 aliphatic heterocycles. The molecule has 0 fully saturated rings. The topological polar surface area (TPSA) is 100 Å². The lowest BCUT2D eigenvalue weighted by Crippen LogP contribution is -2.35. The Bertz CT molecular complexity index is 1360. The largest absolute Gasteiger partial charge is 0.490 e. The first-order chi connectivity index (χ1) is 16.1. The molecule has 0 aliphatic carbocycles. The van der Waals surface area contributed by atoms with Crippen molar-refractivity contribution in [3.63, 3.8) is 0 Å². The normalized spacial score (nSPS) is 13.4. The molecule has 10 heteroatoms. The maximum absolute atomic E-state index is 13.4. The van der Waals surface area contributed by atoms with Gasteiger partial charge in [-0.15, -0.1) is 10.2 Å². The average molecular weight is 447 g/mol. The number of aromatic nitrogens is 6. The van der Waals surface area contributed by atoms with E-state index in [1.54, 1.807) is 25.6 Å². The third-order valence-corrected chi connectivity index (χ3v) is 5.70. The molecule has 0 radical (unpaired) electrons. The Morgan fingerprint density at radius 2 is 2.09 bits per heavy atom. The van der Waals surface area contributed by atoms with Crippen molar-refractivity contribution in [2.24, 2.45) is 0 Å². The van der Waals surface area contributed by atoms with Crippen LogP contribution in [0.2, 0.25) is 0 Å². The Labute approximate surface area is 190 Å². The van der Waals surface area contributed by atoms with Crippen LogP contribution in [0.1, 0.15) is 19.9 Å². The molecular weight excluding hydrogens is 422 g/mol. The lowest BCUT2D eigenvalue weighted by molar-refractivity contribution is 0.201. The molecule has 3 aromatic heterocycles. The van der Waals surface area contributed by atoms with Gasteiger partial charge >= 0.3 is 0 Å². The van der Waals surface area contributed by atoms with Crippen molar-refractivity contribution >= 4 is 16.6 Å². The number of nitrogens with zero attached hydrogens (tertiary/aromatic N) is 7. The van der Waals surface area contributed by atoms with Gasteiger partial charge in [0.25, 0.3) is 5.56 Å². The number of anilines is 1. The summed E-state index contributed by atoms with van der Waals surface area (Å²) in [7, 11) is 1.68. The summed E-state index contributed by atoms with van der Waals surface area (Å²) in [6, 6.07) is 9.33. The van der Waals surface area contributed by atoms with Crippen LogP contribution in [-0.4, -0.2) is 62.7 Å². The Morgan fingerprint density at radius 1 is 1.21 bits per heavy atom. The highest BCUT2D eigenvalue weighted by atomic mass is 16.5. The van der Waals surface area contributed by atoms with Crippen LogP contribution in [0.3, 0.4) is 0 Å². The van der Waals surface area contributed by atoms with Crippen LogP contribution in [0, 0.1) is 0 Å². The predicted octanol–water partition coefficient (Wildman–Crippen LogP) is 2.47. The number of fused-ring (bicyclic) bond motifs is 2. The fourth-order valence-corrected chi connectivity index (χ4v) is 3.97. The second-order valence-electron chi connectivity index (χ2n) is 8.12. The number of methoxy groups -OCH3 is 1. The van der Waals surface area contributed by atoms with Gasteiger partial charge in [-0.2, -0.15) is 0 Å². The summed E-state index contributed by atoms with van der Waals surface area (Å²) in [6.07, 6.45) is 3.19. The number of rotatable bonds is 6. The fourth-order valence-electron chi connectivity index (χ4n) is 3.97. The maximum atomic E-state index is 13.4. The van der Waals surface area contributed by atoms with E-state index in [-0.39, 0.29) is 11.6 Å². The van der Waals surface area contributed by atoms with Gasteiger partial charge in [-0.3, -0.25) is 9.36 Å². The Morgan fingerprint density at radius 3 is 2.91 bits per heavy atom. The summed E-state index contributed by atoms with van der Waals surface area (Å²) in [4.78, 5) is 24.8. The van der Waals surface area contributed by atoms with Crippen molar-refractivity contribution in [1.29, 1.82) is 0 Å². The summed E-state index contributed by atoms with van der Waals surface area (Å²) in [5, 5.41) is 8.70. The first kappa shape index (κ1) is 21.1. The second kappa shape index (κ2) is 8.62. The highest BCUT2D eigenvalue weighted by Crippen LogP contribution is 2.34. The van der Waals surface area contributed by atoms with Gasteiger partial charge in [0.05, 0.1) is 29.7 Å². The highest BCUT2D eigenvalue weighted by molar-refractivity contribution is 5.85. The summed E-state index contributed by atoms with van der Waals surface area (Å²) in [5.41, 5.74) is 1.95. The van der Waals surface area contributed by atoms with Crippen molar-refractivity contribution in [3.05, 3.63) is 53.3 Å². The number of hydrogen-bond acceptors (Lipinski definition) is 8. The minimum atomic E-state index is -0.213. The molecule has 0 atom stereocenters. The molecular formula is C23H25N7O3. The summed E-state index contributed by atoms with van der Waals surface area (Å²) >= 11 is 0. The first-order valence-corrected chi connectivity index (χ1v) is 10.9. The first-order valence-electron chi connectivity index (χ1n) is 10.9. The zero-order valence-electron chi connectivity index (χ0n) is 18.8. The molecule has 1 aromatic carbocycles. The quantitative estimate of drug-likeness (QED) is 0.444. The van der Waals surface area contributed by atoms with Crippen molar-refractivity contribution in [2.75, 3.05) is 38.3 Å². The molecule has 0 saturated heterocycles. The third-order valence-electron chi connectivity index (χ3n) is 5.70. The van der Waals surface area contributed by atoms with Gasteiger partial charge in [0.2, 0.25) is 0 Å². The van der Waals surface area contributed by atoms with E-state index < -0.39 is 0 Å². The lowest BCUT2D eigenvalue weighted by Gasteiger charge is -2.31. The molecule has 0 N–H and O–H groups in total. The Kier molecular flexibility index (Phi) is 5.51. The summed E-state index contributed by atoms with van der Waals surface area (Å²) in [5.74, 6) is 1.78. The number of hydrogen-bond donors (Lipinski definition) is 0. The number of pyridine rings is 1. The molecule has 0 spiro atoms. The third kappa shape index (κ3) is 3.82. The van der Waals surface area contributed by atoms with Crippen molar-refractivity contribution < 1.29 is 9.47 Å². The van der Waals surface area contributed by atoms with E-state index in [9.17, 15) is 4.79 Å². The fraction of sp³-hybridized carbons (Fsp3) is 0.348. The Balaban J connectivity index is 1.57. The van der Waals surface area contributed by atoms with Crippen molar-refractivity contribution in [1.82, 2.24) is 29.3 Å². The van der Waals surface area contributed by atoms with E-state index in [4.69, 9.17) is 9.47 Å². The molecule has 4 heterocycles. The van der Waals surface area contributed by atoms with Gasteiger partial charge in [-0.25, -0.2) is 9.97 Å². The van der Waals surface area contributed by atoms with Crippen LogP contribution in [0.15, 0.2) is 47.8 Å². The van der Waals surface area contributed by atoms with Gasteiger partial charge in [0, 0.05) is 19.7 Å². The molecule has 4 aromatic rings. The second-order valence-corrected chi connectivity index (χ2v) is 8.12. The molecule has 0 saturated carbocycles. The molecule has 1 aliphatic rings. The van der Waals surface area contributed by atoms with E-state index in [1.165, 1.54) is 10.9 Å². The minimum Gasteiger partial charge on any atom is -0.490 e. The van der Waals surface area contributed by atoms with Crippen LogP contribution < -0.4 is 15.2 Å². The van der Waals surface area contributed by atoms with Gasteiger partial charge in [0.15, 0.2) is 5.82 Å². The number of ether oxygens (including phenoxy) is 2. The molecule has 0 bridgehead atoms. The van der Waals surface area contributed by atoms with Crippen LogP contribution in [-0.2, 0) is 4.74 Å². The molecule has 0 amide bonds. The van der Waals surface area contributed by atoms with Crippen molar-refractivity contribution in [3.8, 4) is 23.1 Å². The van der Waals surface area contributed by atoms with E-state index in [2.05, 4.69) is 25.1 Å². The molecule has 10 nitrogen and oxygen atoms in total. The molecule has 0 unspecified atom stereocenters. The van der Waals surface area contributed by atoms with Crippen LogP contribution in [0.25, 0.3) is 28.2 Å². The molecule has 5 rings (SSSR count). The Hall–Kier alpha value is -3.79. The number of benzene rings is 1. The van der Waals surface area contributed by atoms with Gasteiger partial charge in [0.1, 0.15) is 36.5 Å².